The predicted octanol–water partition coefficient (Wildman–Crippen LogP) is 3.59. The van der Waals surface area contributed by atoms with E-state index in [0.29, 0.717) is 5.56 Å². The minimum Gasteiger partial charge on any atom is -0.497 e. The third kappa shape index (κ3) is 2.31. The van der Waals surface area contributed by atoms with Crippen molar-refractivity contribution in [3.63, 3.8) is 0 Å². The van der Waals surface area contributed by atoms with Gasteiger partial charge in [-0.2, -0.15) is 5.10 Å². The topological polar surface area (TPSA) is 82.0 Å². The molecule has 2 aromatic heterocycles. The molecule has 1 aliphatic rings. The molecule has 0 radical (unpaired) electrons. The molecule has 28 heavy (non-hydrogen) atoms. The fraction of sp³-hybridized carbons (Fsp3) is 0.0455. The molecule has 136 valence electrons. The van der Waals surface area contributed by atoms with Gasteiger partial charge in [0.15, 0.2) is 0 Å². The van der Waals surface area contributed by atoms with Crippen LogP contribution < -0.4 is 10.5 Å². The van der Waals surface area contributed by atoms with Gasteiger partial charge in [0.1, 0.15) is 5.75 Å². The molecule has 5 rings (SSSR count). The molecule has 0 saturated heterocycles. The van der Waals surface area contributed by atoms with Gasteiger partial charge in [0.2, 0.25) is 0 Å². The number of ether oxygens (including phenoxy) is 1. The standard InChI is InChI=1S/C22H16N4O2/c1-28-14-8-6-13(7-9-14)20-16-10-11-26-21(16)19(17(12-24-26)22(23)27)15-4-2-3-5-18(15)25-20/h2-12H,1H3,(H2,23,27). The van der Waals surface area contributed by atoms with Gasteiger partial charge in [-0.3, -0.25) is 4.79 Å². The zero-order valence-electron chi connectivity index (χ0n) is 15.1. The highest BCUT2D eigenvalue weighted by Gasteiger charge is 2.25. The van der Waals surface area contributed by atoms with Crippen LogP contribution in [0.4, 0.5) is 5.69 Å². The molecule has 4 aromatic rings. The Kier molecular flexibility index (Phi) is 3.52. The Labute approximate surface area is 160 Å². The highest BCUT2D eigenvalue weighted by molar-refractivity contribution is 6.22. The van der Waals surface area contributed by atoms with Crippen LogP contribution in [0.15, 0.2) is 72.0 Å². The highest BCUT2D eigenvalue weighted by atomic mass is 16.5. The Bertz CT molecular complexity index is 1270. The summed E-state index contributed by atoms with van der Waals surface area (Å²) >= 11 is 0. The first-order valence-electron chi connectivity index (χ1n) is 8.80. The van der Waals surface area contributed by atoms with Crippen LogP contribution in [-0.4, -0.2) is 28.3 Å². The summed E-state index contributed by atoms with van der Waals surface area (Å²) in [6, 6.07) is 17.5. The molecule has 0 saturated carbocycles. The molecular weight excluding hydrogens is 352 g/mol. The molecule has 0 fully saturated rings. The maximum absolute atomic E-state index is 12.1. The van der Waals surface area contributed by atoms with Crippen molar-refractivity contribution in [2.24, 2.45) is 10.7 Å². The number of benzene rings is 2. The molecule has 0 spiro atoms. The Morgan fingerprint density at radius 1 is 1.04 bits per heavy atom. The van der Waals surface area contributed by atoms with E-state index in [-0.39, 0.29) is 0 Å². The first-order valence-corrected chi connectivity index (χ1v) is 8.80. The number of carbonyl (C=O) groups is 1. The van der Waals surface area contributed by atoms with Crippen molar-refractivity contribution < 1.29 is 9.53 Å². The van der Waals surface area contributed by atoms with E-state index in [2.05, 4.69) is 5.10 Å². The van der Waals surface area contributed by atoms with Crippen LogP contribution in [-0.2, 0) is 0 Å². The highest BCUT2D eigenvalue weighted by Crippen LogP contribution is 2.40. The Hall–Kier alpha value is -3.93. The summed E-state index contributed by atoms with van der Waals surface area (Å²) in [5, 5.41) is 4.38. The van der Waals surface area contributed by atoms with E-state index in [1.807, 2.05) is 60.8 Å². The first kappa shape index (κ1) is 16.3. The van der Waals surface area contributed by atoms with E-state index in [4.69, 9.17) is 15.5 Å². The van der Waals surface area contributed by atoms with Gasteiger partial charge in [-0.1, -0.05) is 18.2 Å². The van der Waals surface area contributed by atoms with Crippen molar-refractivity contribution in [1.29, 1.82) is 0 Å². The lowest BCUT2D eigenvalue weighted by Gasteiger charge is -2.10. The molecule has 3 heterocycles. The fourth-order valence-corrected chi connectivity index (χ4v) is 3.66. The number of carbonyl (C=O) groups excluding carboxylic acids is 1. The zero-order valence-corrected chi connectivity index (χ0v) is 15.1. The second-order valence-electron chi connectivity index (χ2n) is 6.53. The van der Waals surface area contributed by atoms with Crippen LogP contribution >= 0.6 is 0 Å². The van der Waals surface area contributed by atoms with E-state index in [1.165, 1.54) is 6.20 Å². The third-order valence-electron chi connectivity index (χ3n) is 4.97. The normalized spacial score (nSPS) is 12.2. The molecule has 0 unspecified atom stereocenters. The summed E-state index contributed by atoms with van der Waals surface area (Å²) in [5.74, 6) is 0.262. The van der Waals surface area contributed by atoms with Crippen molar-refractivity contribution >= 4 is 22.8 Å². The number of aliphatic imine (C=N–C) groups is 1. The number of methoxy groups -OCH3 is 1. The molecule has 2 N–H and O–H groups in total. The number of rotatable bonds is 3. The van der Waals surface area contributed by atoms with Crippen LogP contribution in [0.25, 0.3) is 16.6 Å². The number of amides is 1. The van der Waals surface area contributed by atoms with Gasteiger partial charge in [0.05, 0.1) is 35.8 Å². The summed E-state index contributed by atoms with van der Waals surface area (Å²) in [4.78, 5) is 17.1. The number of para-hydroxylation sites is 1. The Balaban J connectivity index is 1.89. The molecule has 0 aliphatic carbocycles. The molecule has 1 aliphatic heterocycles. The Morgan fingerprint density at radius 2 is 1.82 bits per heavy atom. The second kappa shape index (κ2) is 6.06. The lowest BCUT2D eigenvalue weighted by Crippen LogP contribution is -2.14. The van der Waals surface area contributed by atoms with Crippen molar-refractivity contribution in [2.75, 3.05) is 7.11 Å². The van der Waals surface area contributed by atoms with E-state index in [0.717, 1.165) is 44.9 Å². The van der Waals surface area contributed by atoms with Crippen LogP contribution in [0.3, 0.4) is 0 Å². The lowest BCUT2D eigenvalue weighted by molar-refractivity contribution is 0.100. The van der Waals surface area contributed by atoms with Gasteiger partial charge >= 0.3 is 0 Å². The van der Waals surface area contributed by atoms with Gasteiger partial charge in [0.25, 0.3) is 5.91 Å². The largest absolute Gasteiger partial charge is 0.497 e. The van der Waals surface area contributed by atoms with E-state index < -0.39 is 5.91 Å². The number of fused-ring (bicyclic) bond motifs is 2. The average Bonchev–Trinajstić information content (AvgIpc) is 3.09. The molecular formula is C22H16N4O2. The third-order valence-corrected chi connectivity index (χ3v) is 4.97. The summed E-state index contributed by atoms with van der Waals surface area (Å²) in [5.41, 5.74) is 11.9. The number of nitrogens with zero attached hydrogens (tertiary/aromatic N) is 3. The number of hydrogen-bond donors (Lipinski definition) is 1. The number of nitrogens with two attached hydrogens (primary N) is 1. The first-order chi connectivity index (χ1) is 13.7. The molecule has 6 nitrogen and oxygen atoms in total. The number of hydrogen-bond acceptors (Lipinski definition) is 4. The van der Waals surface area contributed by atoms with Crippen LogP contribution in [0, 0.1) is 0 Å². The second-order valence-corrected chi connectivity index (χ2v) is 6.53. The van der Waals surface area contributed by atoms with E-state index in [9.17, 15) is 4.79 Å². The molecule has 6 heteroatoms. The fourth-order valence-electron chi connectivity index (χ4n) is 3.66. The monoisotopic (exact) mass is 368 g/mol. The van der Waals surface area contributed by atoms with Gasteiger partial charge < -0.3 is 10.5 Å². The van der Waals surface area contributed by atoms with Gasteiger partial charge in [-0.25, -0.2) is 9.51 Å². The van der Waals surface area contributed by atoms with Crippen molar-refractivity contribution in [3.8, 4) is 16.9 Å². The van der Waals surface area contributed by atoms with E-state index in [1.54, 1.807) is 11.6 Å². The zero-order chi connectivity index (χ0) is 19.3. The van der Waals surface area contributed by atoms with Crippen LogP contribution in [0.1, 0.15) is 21.5 Å². The van der Waals surface area contributed by atoms with Crippen molar-refractivity contribution in [1.82, 2.24) is 9.61 Å². The van der Waals surface area contributed by atoms with Crippen molar-refractivity contribution in [3.05, 3.63) is 83.7 Å². The SMILES string of the molecule is COc1ccc(C2=Nc3ccccc3-c3c(C(N)=O)cnn4ccc2c34)cc1. The number of aromatic nitrogens is 2. The van der Waals surface area contributed by atoms with E-state index >= 15 is 0 Å². The van der Waals surface area contributed by atoms with Gasteiger partial charge in [-0.15, -0.1) is 0 Å². The average molecular weight is 368 g/mol. The van der Waals surface area contributed by atoms with Crippen molar-refractivity contribution in [2.45, 2.75) is 0 Å². The summed E-state index contributed by atoms with van der Waals surface area (Å²) in [7, 11) is 1.64. The maximum Gasteiger partial charge on any atom is 0.251 e. The van der Waals surface area contributed by atoms with Crippen LogP contribution in [0.2, 0.25) is 0 Å². The minimum absolute atomic E-state index is 0.381. The quantitative estimate of drug-likeness (QED) is 0.528. The molecule has 1 amide bonds. The summed E-state index contributed by atoms with van der Waals surface area (Å²) in [6.07, 6.45) is 3.38. The smallest absolute Gasteiger partial charge is 0.251 e. The minimum atomic E-state index is -0.514. The molecule has 0 bridgehead atoms. The lowest BCUT2D eigenvalue weighted by atomic mass is 9.96. The summed E-state index contributed by atoms with van der Waals surface area (Å²) in [6.45, 7) is 0. The van der Waals surface area contributed by atoms with Crippen LogP contribution in [0.5, 0.6) is 5.75 Å². The Morgan fingerprint density at radius 3 is 2.57 bits per heavy atom. The predicted molar refractivity (Wildman–Crippen MR) is 107 cm³/mol. The maximum atomic E-state index is 12.1. The molecule has 0 atom stereocenters. The van der Waals surface area contributed by atoms with Gasteiger partial charge in [-0.05, 0) is 36.4 Å². The van der Waals surface area contributed by atoms with Gasteiger partial charge in [0, 0.05) is 28.5 Å². The summed E-state index contributed by atoms with van der Waals surface area (Å²) < 4.78 is 7.04. The number of primary amides is 1. The molecule has 2 aromatic carbocycles.